The summed E-state index contributed by atoms with van der Waals surface area (Å²) in [6.45, 7) is 12.2. The van der Waals surface area contributed by atoms with Crippen LogP contribution in [0, 0.1) is 19.3 Å². The van der Waals surface area contributed by atoms with Crippen molar-refractivity contribution in [2.75, 3.05) is 26.2 Å². The molecule has 2 amide bonds. The van der Waals surface area contributed by atoms with Crippen LogP contribution in [0.25, 0.3) is 10.6 Å². The Morgan fingerprint density at radius 2 is 1.67 bits per heavy atom. The Balaban J connectivity index is 1.68. The molecule has 3 rings (SSSR count). The molecule has 1 saturated heterocycles. The fourth-order valence-electron chi connectivity index (χ4n) is 3.30. The average molecular weight is 386 g/mol. The molecule has 1 aromatic heterocycles. The molecule has 0 aliphatic carbocycles. The quantitative estimate of drug-likeness (QED) is 0.791. The SMILES string of the molecule is Cc1ccc(-c2nc(C(=O)N3CCN(C(=O)C(C)(C)C)CC3)cs2)c(C)c1. The number of benzene rings is 1. The van der Waals surface area contributed by atoms with Crippen LogP contribution in [-0.4, -0.2) is 52.8 Å². The highest BCUT2D eigenvalue weighted by molar-refractivity contribution is 7.13. The summed E-state index contributed by atoms with van der Waals surface area (Å²) in [5.74, 6) is 0.0884. The number of carbonyl (C=O) groups is 2. The Morgan fingerprint density at radius 1 is 1.04 bits per heavy atom. The van der Waals surface area contributed by atoms with Gasteiger partial charge in [-0.05, 0) is 19.4 Å². The Hall–Kier alpha value is -2.21. The number of piperazine rings is 1. The van der Waals surface area contributed by atoms with Crippen molar-refractivity contribution in [1.29, 1.82) is 0 Å². The van der Waals surface area contributed by atoms with Crippen molar-refractivity contribution in [3.8, 4) is 10.6 Å². The molecule has 0 N–H and O–H groups in total. The van der Waals surface area contributed by atoms with Crippen molar-refractivity contribution >= 4 is 23.2 Å². The topological polar surface area (TPSA) is 53.5 Å². The van der Waals surface area contributed by atoms with Gasteiger partial charge in [0.2, 0.25) is 5.91 Å². The molecule has 0 bridgehead atoms. The van der Waals surface area contributed by atoms with Gasteiger partial charge in [0.1, 0.15) is 10.7 Å². The third-order valence-electron chi connectivity index (χ3n) is 4.83. The maximum Gasteiger partial charge on any atom is 0.273 e. The fourth-order valence-corrected chi connectivity index (χ4v) is 4.18. The summed E-state index contributed by atoms with van der Waals surface area (Å²) in [4.78, 5) is 33.5. The third-order valence-corrected chi connectivity index (χ3v) is 5.71. The van der Waals surface area contributed by atoms with Crippen LogP contribution in [0.15, 0.2) is 23.6 Å². The minimum absolute atomic E-state index is 0.0508. The first-order valence-corrected chi connectivity index (χ1v) is 10.2. The van der Waals surface area contributed by atoms with Crippen LogP contribution in [-0.2, 0) is 4.79 Å². The van der Waals surface area contributed by atoms with Crippen LogP contribution in [0.4, 0.5) is 0 Å². The number of aryl methyl sites for hydroxylation is 2. The maximum atomic E-state index is 12.8. The van der Waals surface area contributed by atoms with Gasteiger partial charge in [-0.3, -0.25) is 9.59 Å². The summed E-state index contributed by atoms with van der Waals surface area (Å²) in [6.07, 6.45) is 0. The van der Waals surface area contributed by atoms with Crippen molar-refractivity contribution in [2.24, 2.45) is 5.41 Å². The molecule has 0 atom stereocenters. The van der Waals surface area contributed by atoms with E-state index in [2.05, 4.69) is 37.0 Å². The number of amides is 2. The normalized spacial score (nSPS) is 15.1. The van der Waals surface area contributed by atoms with E-state index < -0.39 is 0 Å². The third kappa shape index (κ3) is 4.21. The molecular weight excluding hydrogens is 358 g/mol. The van der Waals surface area contributed by atoms with Crippen LogP contribution in [0.5, 0.6) is 0 Å². The van der Waals surface area contributed by atoms with Crippen LogP contribution < -0.4 is 0 Å². The highest BCUT2D eigenvalue weighted by Crippen LogP contribution is 2.28. The van der Waals surface area contributed by atoms with Crippen LogP contribution in [0.3, 0.4) is 0 Å². The number of hydrogen-bond acceptors (Lipinski definition) is 4. The molecule has 1 aliphatic rings. The Bertz CT molecular complexity index is 859. The summed E-state index contributed by atoms with van der Waals surface area (Å²) in [5, 5.41) is 2.71. The monoisotopic (exact) mass is 385 g/mol. The molecule has 1 fully saturated rings. The lowest BCUT2D eigenvalue weighted by molar-refractivity contribution is -0.140. The van der Waals surface area contributed by atoms with Gasteiger partial charge < -0.3 is 9.80 Å². The van der Waals surface area contributed by atoms with Gasteiger partial charge in [0, 0.05) is 42.5 Å². The minimum atomic E-state index is -0.387. The Morgan fingerprint density at radius 3 is 2.26 bits per heavy atom. The minimum Gasteiger partial charge on any atom is -0.339 e. The zero-order valence-corrected chi connectivity index (χ0v) is 17.5. The number of nitrogens with zero attached hydrogens (tertiary/aromatic N) is 3. The lowest BCUT2D eigenvalue weighted by Crippen LogP contribution is -2.53. The van der Waals surface area contributed by atoms with Crippen LogP contribution >= 0.6 is 11.3 Å². The molecule has 27 heavy (non-hydrogen) atoms. The van der Waals surface area contributed by atoms with Gasteiger partial charge in [-0.15, -0.1) is 11.3 Å². The Kier molecular flexibility index (Phi) is 5.38. The number of hydrogen-bond donors (Lipinski definition) is 0. The van der Waals surface area contributed by atoms with Crippen molar-refractivity contribution < 1.29 is 9.59 Å². The van der Waals surface area contributed by atoms with Crippen molar-refractivity contribution in [2.45, 2.75) is 34.6 Å². The summed E-state index contributed by atoms with van der Waals surface area (Å²) in [7, 11) is 0. The number of rotatable bonds is 2. The highest BCUT2D eigenvalue weighted by atomic mass is 32.1. The molecule has 2 aromatic rings. The van der Waals surface area contributed by atoms with E-state index in [9.17, 15) is 9.59 Å². The van der Waals surface area contributed by atoms with E-state index in [0.29, 0.717) is 31.9 Å². The standard InChI is InChI=1S/C21H27N3O2S/c1-14-6-7-16(15(2)12-14)18-22-17(13-27-18)19(25)23-8-10-24(11-9-23)20(26)21(3,4)5/h6-7,12-13H,8-11H2,1-5H3. The van der Waals surface area contributed by atoms with Crippen molar-refractivity contribution in [3.63, 3.8) is 0 Å². The van der Waals surface area contributed by atoms with E-state index in [1.165, 1.54) is 16.9 Å². The van der Waals surface area contributed by atoms with Gasteiger partial charge in [0.05, 0.1) is 0 Å². The van der Waals surface area contributed by atoms with E-state index >= 15 is 0 Å². The second-order valence-electron chi connectivity index (χ2n) is 8.19. The van der Waals surface area contributed by atoms with Gasteiger partial charge in [-0.1, -0.05) is 44.5 Å². The first-order valence-electron chi connectivity index (χ1n) is 9.28. The second-order valence-corrected chi connectivity index (χ2v) is 9.05. The summed E-state index contributed by atoms with van der Waals surface area (Å²) in [5.41, 5.74) is 3.56. The molecule has 0 saturated carbocycles. The fraction of sp³-hybridized carbons (Fsp3) is 0.476. The van der Waals surface area contributed by atoms with E-state index in [1.807, 2.05) is 31.1 Å². The number of thiazole rings is 1. The van der Waals surface area contributed by atoms with E-state index in [4.69, 9.17) is 0 Å². The molecule has 6 heteroatoms. The summed E-state index contributed by atoms with van der Waals surface area (Å²) < 4.78 is 0. The lowest BCUT2D eigenvalue weighted by atomic mass is 9.94. The van der Waals surface area contributed by atoms with Crippen molar-refractivity contribution in [3.05, 3.63) is 40.4 Å². The molecule has 0 radical (unpaired) electrons. The molecule has 0 spiro atoms. The van der Waals surface area contributed by atoms with Gasteiger partial charge in [0.25, 0.3) is 5.91 Å². The predicted molar refractivity (Wildman–Crippen MR) is 109 cm³/mol. The van der Waals surface area contributed by atoms with E-state index in [-0.39, 0.29) is 17.2 Å². The molecule has 0 unspecified atom stereocenters. The molecule has 1 aliphatic heterocycles. The van der Waals surface area contributed by atoms with E-state index in [0.717, 1.165) is 16.1 Å². The molecule has 1 aromatic carbocycles. The first-order chi connectivity index (χ1) is 12.7. The molecule has 2 heterocycles. The average Bonchev–Trinajstić information content (AvgIpc) is 3.09. The lowest BCUT2D eigenvalue weighted by Gasteiger charge is -2.37. The zero-order valence-electron chi connectivity index (χ0n) is 16.7. The highest BCUT2D eigenvalue weighted by Gasteiger charge is 2.31. The number of carbonyl (C=O) groups excluding carboxylic acids is 2. The summed E-state index contributed by atoms with van der Waals surface area (Å²) in [6, 6.07) is 6.26. The summed E-state index contributed by atoms with van der Waals surface area (Å²) >= 11 is 1.50. The number of aromatic nitrogens is 1. The largest absolute Gasteiger partial charge is 0.339 e. The zero-order chi connectivity index (χ0) is 19.8. The maximum absolute atomic E-state index is 12.8. The smallest absolute Gasteiger partial charge is 0.273 e. The first kappa shape index (κ1) is 19.5. The molecule has 5 nitrogen and oxygen atoms in total. The molecular formula is C21H27N3O2S. The van der Waals surface area contributed by atoms with Gasteiger partial charge in [-0.2, -0.15) is 0 Å². The van der Waals surface area contributed by atoms with Crippen molar-refractivity contribution in [1.82, 2.24) is 14.8 Å². The van der Waals surface area contributed by atoms with Gasteiger partial charge >= 0.3 is 0 Å². The van der Waals surface area contributed by atoms with Crippen LogP contribution in [0.1, 0.15) is 42.4 Å². The van der Waals surface area contributed by atoms with Crippen LogP contribution in [0.2, 0.25) is 0 Å². The second kappa shape index (κ2) is 7.43. The van der Waals surface area contributed by atoms with Gasteiger partial charge in [0.15, 0.2) is 0 Å². The van der Waals surface area contributed by atoms with Gasteiger partial charge in [-0.25, -0.2) is 4.98 Å². The predicted octanol–water partition coefficient (Wildman–Crippen LogP) is 3.76. The molecule has 144 valence electrons. The van der Waals surface area contributed by atoms with E-state index in [1.54, 1.807) is 4.90 Å². The Labute approximate surface area is 165 Å².